The van der Waals surface area contributed by atoms with Gasteiger partial charge in [-0.25, -0.2) is 14.5 Å². The fourth-order valence-corrected chi connectivity index (χ4v) is 4.27. The topological polar surface area (TPSA) is 88.4 Å². The number of benzene rings is 1. The van der Waals surface area contributed by atoms with Gasteiger partial charge in [0.1, 0.15) is 11.5 Å². The van der Waals surface area contributed by atoms with Crippen molar-refractivity contribution >= 4 is 23.0 Å². The van der Waals surface area contributed by atoms with Gasteiger partial charge in [0.05, 0.1) is 23.4 Å². The predicted molar refractivity (Wildman–Crippen MR) is 158 cm³/mol. The van der Waals surface area contributed by atoms with Gasteiger partial charge >= 0.3 is 0 Å². The SMILES string of the molecule is CCCCNc1nccc(-c2c(-c3ccc(NCCOCCC)cc3)nn3c(NCCCC)cccc23)n1. The minimum absolute atomic E-state index is 0.642. The van der Waals surface area contributed by atoms with Crippen LogP contribution in [0.15, 0.2) is 54.7 Å². The highest BCUT2D eigenvalue weighted by Crippen LogP contribution is 2.36. The van der Waals surface area contributed by atoms with Crippen LogP contribution in [0.25, 0.3) is 28.0 Å². The van der Waals surface area contributed by atoms with Gasteiger partial charge in [-0.15, -0.1) is 0 Å². The van der Waals surface area contributed by atoms with Gasteiger partial charge in [0, 0.05) is 43.7 Å². The predicted octanol–water partition coefficient (Wildman–Crippen LogP) is 6.72. The Balaban J connectivity index is 1.69. The highest BCUT2D eigenvalue weighted by molar-refractivity contribution is 5.92. The van der Waals surface area contributed by atoms with Crippen LogP contribution in [0, 0.1) is 0 Å². The van der Waals surface area contributed by atoms with Gasteiger partial charge in [0.15, 0.2) is 0 Å². The molecule has 4 aromatic rings. The molecule has 8 heteroatoms. The second kappa shape index (κ2) is 14.3. The zero-order valence-electron chi connectivity index (χ0n) is 23.0. The lowest BCUT2D eigenvalue weighted by Gasteiger charge is -2.09. The summed E-state index contributed by atoms with van der Waals surface area (Å²) in [6.45, 7) is 10.5. The molecule has 0 atom stereocenters. The number of nitrogens with zero attached hydrogens (tertiary/aromatic N) is 4. The Morgan fingerprint density at radius 3 is 2.34 bits per heavy atom. The second-order valence-electron chi connectivity index (χ2n) is 9.37. The molecule has 0 bridgehead atoms. The van der Waals surface area contributed by atoms with Crippen LogP contribution in [0.2, 0.25) is 0 Å². The van der Waals surface area contributed by atoms with Gasteiger partial charge in [-0.1, -0.05) is 51.8 Å². The molecule has 3 aromatic heterocycles. The first-order valence-electron chi connectivity index (χ1n) is 14.0. The molecule has 3 heterocycles. The number of fused-ring (bicyclic) bond motifs is 1. The van der Waals surface area contributed by atoms with Crippen molar-refractivity contribution < 1.29 is 4.74 Å². The smallest absolute Gasteiger partial charge is 0.223 e. The second-order valence-corrected chi connectivity index (χ2v) is 9.37. The molecular formula is C30H41N7O. The normalized spacial score (nSPS) is 11.1. The molecule has 0 saturated heterocycles. The Hall–Kier alpha value is -3.65. The largest absolute Gasteiger partial charge is 0.383 e. The van der Waals surface area contributed by atoms with E-state index in [0.717, 1.165) is 97.9 Å². The standard InChI is InChI=1S/C30H41N7O/c1-4-7-17-32-27-11-9-10-26-28(25-16-19-34-30(35-25)33-18-8-5-2)29(36-37(26)27)23-12-14-24(15-13-23)31-20-22-38-21-6-3/h9-16,19,31-32H,4-8,17-18,20-22H2,1-3H3,(H,33,34,35). The van der Waals surface area contributed by atoms with Crippen molar-refractivity contribution in [1.29, 1.82) is 0 Å². The maximum absolute atomic E-state index is 5.58. The summed E-state index contributed by atoms with van der Waals surface area (Å²) in [6, 6.07) is 16.7. The number of unbranched alkanes of at least 4 members (excludes halogenated alkanes) is 2. The van der Waals surface area contributed by atoms with Crippen molar-refractivity contribution in [2.75, 3.05) is 48.8 Å². The molecule has 0 saturated carbocycles. The van der Waals surface area contributed by atoms with E-state index in [1.165, 1.54) is 0 Å². The number of hydrogen-bond donors (Lipinski definition) is 3. The van der Waals surface area contributed by atoms with Crippen molar-refractivity contribution in [3.63, 3.8) is 0 Å². The van der Waals surface area contributed by atoms with E-state index in [9.17, 15) is 0 Å². The summed E-state index contributed by atoms with van der Waals surface area (Å²) in [5.74, 6) is 1.62. The number of ether oxygens (including phenoxy) is 1. The summed E-state index contributed by atoms with van der Waals surface area (Å²) >= 11 is 0. The Labute approximate surface area is 226 Å². The third kappa shape index (κ3) is 7.01. The van der Waals surface area contributed by atoms with E-state index in [1.807, 2.05) is 16.8 Å². The summed E-state index contributed by atoms with van der Waals surface area (Å²) < 4.78 is 7.59. The van der Waals surface area contributed by atoms with Crippen LogP contribution < -0.4 is 16.0 Å². The van der Waals surface area contributed by atoms with Gasteiger partial charge < -0.3 is 20.7 Å². The number of hydrogen-bond acceptors (Lipinski definition) is 7. The quantitative estimate of drug-likeness (QED) is 0.143. The van der Waals surface area contributed by atoms with Crippen molar-refractivity contribution in [1.82, 2.24) is 19.6 Å². The van der Waals surface area contributed by atoms with Crippen molar-refractivity contribution in [3.05, 3.63) is 54.7 Å². The summed E-state index contributed by atoms with van der Waals surface area (Å²) in [5, 5.41) is 15.5. The molecule has 0 spiro atoms. The number of rotatable bonds is 16. The molecule has 3 N–H and O–H groups in total. The zero-order chi connectivity index (χ0) is 26.6. The molecular weight excluding hydrogens is 474 g/mol. The number of pyridine rings is 1. The summed E-state index contributed by atoms with van der Waals surface area (Å²) in [6.07, 6.45) is 7.30. The first-order chi connectivity index (χ1) is 18.7. The molecule has 0 unspecified atom stereocenters. The van der Waals surface area contributed by atoms with Crippen LogP contribution in [0.5, 0.6) is 0 Å². The average molecular weight is 516 g/mol. The fourth-order valence-electron chi connectivity index (χ4n) is 4.27. The first kappa shape index (κ1) is 27.4. The summed E-state index contributed by atoms with van der Waals surface area (Å²) in [4.78, 5) is 9.34. The lowest BCUT2D eigenvalue weighted by atomic mass is 10.0. The van der Waals surface area contributed by atoms with Gasteiger partial charge in [-0.05, 0) is 49.6 Å². The molecule has 38 heavy (non-hydrogen) atoms. The Kier molecular flexibility index (Phi) is 10.3. The Morgan fingerprint density at radius 2 is 1.58 bits per heavy atom. The molecule has 0 amide bonds. The first-order valence-corrected chi connectivity index (χ1v) is 14.0. The molecule has 202 valence electrons. The minimum atomic E-state index is 0.642. The van der Waals surface area contributed by atoms with Crippen molar-refractivity contribution in [2.24, 2.45) is 0 Å². The van der Waals surface area contributed by atoms with Gasteiger partial charge in [-0.2, -0.15) is 5.10 Å². The maximum Gasteiger partial charge on any atom is 0.223 e. The summed E-state index contributed by atoms with van der Waals surface area (Å²) in [7, 11) is 0. The highest BCUT2D eigenvalue weighted by atomic mass is 16.5. The Bertz CT molecular complexity index is 1270. The molecule has 1 aromatic carbocycles. The van der Waals surface area contributed by atoms with E-state index in [-0.39, 0.29) is 0 Å². The van der Waals surface area contributed by atoms with Gasteiger partial charge in [-0.3, -0.25) is 0 Å². The van der Waals surface area contributed by atoms with Crippen LogP contribution in [0.4, 0.5) is 17.5 Å². The third-order valence-electron chi connectivity index (χ3n) is 6.30. The number of nitrogens with one attached hydrogen (secondary N) is 3. The van der Waals surface area contributed by atoms with E-state index in [0.29, 0.717) is 12.6 Å². The van der Waals surface area contributed by atoms with E-state index < -0.39 is 0 Å². The van der Waals surface area contributed by atoms with Crippen LogP contribution in [0.1, 0.15) is 52.9 Å². The molecule has 0 aliphatic heterocycles. The van der Waals surface area contributed by atoms with Crippen LogP contribution in [-0.2, 0) is 4.74 Å². The van der Waals surface area contributed by atoms with Crippen molar-refractivity contribution in [3.8, 4) is 22.5 Å². The Morgan fingerprint density at radius 1 is 0.789 bits per heavy atom. The maximum atomic E-state index is 5.58. The van der Waals surface area contributed by atoms with E-state index in [2.05, 4.69) is 84.2 Å². The molecule has 8 nitrogen and oxygen atoms in total. The fraction of sp³-hybridized carbons (Fsp3) is 0.433. The highest BCUT2D eigenvalue weighted by Gasteiger charge is 2.19. The van der Waals surface area contributed by atoms with E-state index in [1.54, 1.807) is 0 Å². The van der Waals surface area contributed by atoms with Gasteiger partial charge in [0.2, 0.25) is 5.95 Å². The van der Waals surface area contributed by atoms with E-state index in [4.69, 9.17) is 14.8 Å². The van der Waals surface area contributed by atoms with Crippen LogP contribution in [0.3, 0.4) is 0 Å². The lowest BCUT2D eigenvalue weighted by Crippen LogP contribution is -2.09. The molecule has 0 radical (unpaired) electrons. The molecule has 0 aliphatic carbocycles. The monoisotopic (exact) mass is 515 g/mol. The molecule has 0 aliphatic rings. The average Bonchev–Trinajstić information content (AvgIpc) is 3.34. The third-order valence-corrected chi connectivity index (χ3v) is 6.30. The number of aromatic nitrogens is 4. The summed E-state index contributed by atoms with van der Waals surface area (Å²) in [5.41, 5.74) is 5.85. The van der Waals surface area contributed by atoms with Gasteiger partial charge in [0.25, 0.3) is 0 Å². The van der Waals surface area contributed by atoms with Crippen molar-refractivity contribution in [2.45, 2.75) is 52.9 Å². The number of anilines is 3. The molecule has 4 rings (SSSR count). The zero-order valence-corrected chi connectivity index (χ0v) is 23.0. The lowest BCUT2D eigenvalue weighted by molar-refractivity contribution is 0.144. The minimum Gasteiger partial charge on any atom is -0.383 e. The van der Waals surface area contributed by atoms with E-state index >= 15 is 0 Å². The van der Waals surface area contributed by atoms with Crippen LogP contribution >= 0.6 is 0 Å². The molecule has 0 fully saturated rings. The van der Waals surface area contributed by atoms with Crippen LogP contribution in [-0.4, -0.2) is 52.4 Å².